The second-order valence-electron chi connectivity index (χ2n) is 3.85. The fourth-order valence-electron chi connectivity index (χ4n) is 1.14. The normalized spacial score (nSPS) is 8.29. The molecule has 0 saturated heterocycles. The Morgan fingerprint density at radius 1 is 1.04 bits per heavy atom. The molecular formula is C14H26Cl2N2O4PtS. The number of aliphatic carboxylic acids is 2. The maximum absolute atomic E-state index is 10.2. The summed E-state index contributed by atoms with van der Waals surface area (Å²) >= 11 is 1.23. The molecule has 0 aliphatic carbocycles. The second kappa shape index (κ2) is 24.9. The average molecular weight is 584 g/mol. The molecule has 6 nitrogen and oxygen atoms in total. The van der Waals surface area contributed by atoms with Crippen molar-refractivity contribution in [3.05, 3.63) is 30.3 Å². The average Bonchev–Trinajstić information content (AvgIpc) is 2.46. The monoisotopic (exact) mass is 583 g/mol. The van der Waals surface area contributed by atoms with Crippen LogP contribution in [0.25, 0.3) is 0 Å². The van der Waals surface area contributed by atoms with E-state index in [-0.39, 0.29) is 18.7 Å². The number of thioether (sulfide) groups is 1. The van der Waals surface area contributed by atoms with Crippen molar-refractivity contribution in [2.45, 2.75) is 37.5 Å². The van der Waals surface area contributed by atoms with Crippen molar-refractivity contribution in [2.24, 2.45) is 0 Å². The molecule has 8 N–H and O–H groups in total. The van der Waals surface area contributed by atoms with Crippen LogP contribution >= 0.6 is 30.6 Å². The molecule has 0 amide bonds. The SMILES string of the molecule is CCCC(=O)O.N.N.O=C(O)CCCSc1ccccc1.[Cl][Pt][Cl]. The fourth-order valence-corrected chi connectivity index (χ4v) is 2.02. The predicted octanol–water partition coefficient (Wildman–Crippen LogP) is 5.22. The van der Waals surface area contributed by atoms with Gasteiger partial charge in [0.25, 0.3) is 0 Å². The molecular weight excluding hydrogens is 558 g/mol. The van der Waals surface area contributed by atoms with Gasteiger partial charge in [-0.05, 0) is 30.7 Å². The first-order chi connectivity index (χ1) is 10.5. The van der Waals surface area contributed by atoms with E-state index in [2.05, 4.69) is 0 Å². The summed E-state index contributed by atoms with van der Waals surface area (Å²) in [6.45, 7) is 1.84. The van der Waals surface area contributed by atoms with Crippen LogP contribution in [0, 0.1) is 0 Å². The third-order valence-electron chi connectivity index (χ3n) is 2.01. The van der Waals surface area contributed by atoms with E-state index in [9.17, 15) is 9.59 Å². The maximum atomic E-state index is 10.2. The number of benzene rings is 1. The zero-order valence-electron chi connectivity index (χ0n) is 13.5. The first kappa shape index (κ1) is 31.5. The van der Waals surface area contributed by atoms with Crippen molar-refractivity contribution < 1.29 is 36.3 Å². The van der Waals surface area contributed by atoms with Gasteiger partial charge in [0.15, 0.2) is 0 Å². The molecule has 0 aromatic heterocycles. The van der Waals surface area contributed by atoms with E-state index in [0.717, 1.165) is 18.6 Å². The molecule has 0 spiro atoms. The van der Waals surface area contributed by atoms with Crippen molar-refractivity contribution in [3.8, 4) is 0 Å². The molecule has 0 heterocycles. The van der Waals surface area contributed by atoms with Gasteiger partial charge in [-0.25, -0.2) is 0 Å². The molecule has 0 unspecified atom stereocenters. The van der Waals surface area contributed by atoms with Crippen molar-refractivity contribution in [1.29, 1.82) is 0 Å². The fraction of sp³-hybridized carbons (Fsp3) is 0.429. The Morgan fingerprint density at radius 3 is 1.83 bits per heavy atom. The van der Waals surface area contributed by atoms with Crippen LogP contribution in [-0.2, 0) is 26.1 Å². The number of hydrogen-bond acceptors (Lipinski definition) is 5. The van der Waals surface area contributed by atoms with Crippen LogP contribution in [0.1, 0.15) is 32.6 Å². The Morgan fingerprint density at radius 2 is 1.50 bits per heavy atom. The topological polar surface area (TPSA) is 145 Å². The summed E-state index contributed by atoms with van der Waals surface area (Å²) in [7, 11) is 9.75. The molecule has 0 bridgehead atoms. The molecule has 1 aromatic rings. The first-order valence-corrected chi connectivity index (χ1v) is 13.0. The van der Waals surface area contributed by atoms with Crippen LogP contribution in [-0.4, -0.2) is 27.9 Å². The molecule has 0 saturated carbocycles. The van der Waals surface area contributed by atoms with E-state index in [1.807, 2.05) is 37.3 Å². The van der Waals surface area contributed by atoms with Crippen LogP contribution in [0.4, 0.5) is 0 Å². The molecule has 24 heavy (non-hydrogen) atoms. The molecule has 0 fully saturated rings. The zero-order chi connectivity index (χ0) is 17.2. The summed E-state index contributed by atoms with van der Waals surface area (Å²) in [6.07, 6.45) is 2.02. The quantitative estimate of drug-likeness (QED) is 0.254. The number of hydrogen-bond donors (Lipinski definition) is 4. The number of carbonyl (C=O) groups is 2. The van der Waals surface area contributed by atoms with Gasteiger partial charge >= 0.3 is 47.3 Å². The van der Waals surface area contributed by atoms with Crippen molar-refractivity contribution in [3.63, 3.8) is 0 Å². The number of halogens is 2. The van der Waals surface area contributed by atoms with E-state index >= 15 is 0 Å². The van der Waals surface area contributed by atoms with Crippen LogP contribution in [0.3, 0.4) is 0 Å². The molecule has 1 rings (SSSR count). The van der Waals surface area contributed by atoms with Crippen molar-refractivity contribution >= 4 is 42.5 Å². The van der Waals surface area contributed by atoms with E-state index in [4.69, 9.17) is 29.0 Å². The van der Waals surface area contributed by atoms with E-state index in [1.54, 1.807) is 11.8 Å². The minimum atomic E-state index is -0.714. The van der Waals surface area contributed by atoms with Crippen LogP contribution < -0.4 is 12.3 Å². The first-order valence-electron chi connectivity index (χ1n) is 6.41. The number of carboxylic acids is 2. The Hall–Kier alpha value is -0.302. The molecule has 1 aromatic carbocycles. The third kappa shape index (κ3) is 29.7. The Kier molecular flexibility index (Phi) is 32.7. The van der Waals surface area contributed by atoms with Gasteiger partial charge in [-0.2, -0.15) is 0 Å². The van der Waals surface area contributed by atoms with Gasteiger partial charge in [0.1, 0.15) is 0 Å². The van der Waals surface area contributed by atoms with Crippen molar-refractivity contribution in [2.75, 3.05) is 5.75 Å². The summed E-state index contributed by atoms with van der Waals surface area (Å²) < 4.78 is 0. The van der Waals surface area contributed by atoms with Crippen LogP contribution in [0.15, 0.2) is 35.2 Å². The summed E-state index contributed by atoms with van der Waals surface area (Å²) in [5.41, 5.74) is 0. The van der Waals surface area contributed by atoms with Crippen LogP contribution in [0.2, 0.25) is 0 Å². The number of rotatable bonds is 7. The van der Waals surface area contributed by atoms with Gasteiger partial charge < -0.3 is 22.5 Å². The molecule has 0 atom stereocenters. The Bertz CT molecular complexity index is 404. The van der Waals surface area contributed by atoms with Gasteiger partial charge in [0.2, 0.25) is 0 Å². The van der Waals surface area contributed by atoms with E-state index in [0.29, 0.717) is 6.42 Å². The van der Waals surface area contributed by atoms with Gasteiger partial charge in [-0.1, -0.05) is 25.1 Å². The molecule has 146 valence electrons. The predicted molar refractivity (Wildman–Crippen MR) is 98.3 cm³/mol. The summed E-state index contributed by atoms with van der Waals surface area (Å²) in [4.78, 5) is 21.0. The van der Waals surface area contributed by atoms with Crippen LogP contribution in [0.5, 0.6) is 0 Å². The molecule has 0 radical (unpaired) electrons. The van der Waals surface area contributed by atoms with Gasteiger partial charge in [0.05, 0.1) is 0 Å². The van der Waals surface area contributed by atoms with Gasteiger partial charge in [-0.15, -0.1) is 11.8 Å². The van der Waals surface area contributed by atoms with Gasteiger partial charge in [0, 0.05) is 17.7 Å². The molecule has 0 aliphatic heterocycles. The van der Waals surface area contributed by atoms with E-state index in [1.165, 1.54) is 4.90 Å². The minimum absolute atomic E-state index is 0. The summed E-state index contributed by atoms with van der Waals surface area (Å²) in [6, 6.07) is 10.0. The zero-order valence-corrected chi connectivity index (χ0v) is 18.1. The third-order valence-corrected chi connectivity index (χ3v) is 3.11. The molecule has 0 aliphatic rings. The summed E-state index contributed by atoms with van der Waals surface area (Å²) in [5, 5.41) is 16.3. The summed E-state index contributed by atoms with van der Waals surface area (Å²) in [5.74, 6) is -0.554. The Labute approximate surface area is 164 Å². The second-order valence-corrected chi connectivity index (χ2v) is 8.30. The number of carboxylic acid groups (broad SMARTS) is 2. The van der Waals surface area contributed by atoms with Crippen molar-refractivity contribution in [1.82, 2.24) is 12.3 Å². The molecule has 10 heteroatoms. The van der Waals surface area contributed by atoms with Gasteiger partial charge in [-0.3, -0.25) is 9.59 Å². The standard InChI is InChI=1S/C10H12O2S.C4H8O2.2ClH.2H3N.Pt/c11-10(12)7-4-8-13-9-5-2-1-3-6-9;1-2-3-4(5)6;;;;;/h1-3,5-6H,4,7-8H2,(H,11,12);2-3H2,1H3,(H,5,6);2*1H;2*1H3;/q;;;;;;+2/p-2. The Balaban J connectivity index is -0.000000155. The van der Waals surface area contributed by atoms with E-state index < -0.39 is 28.4 Å².